The first-order chi connectivity index (χ1) is 7.33. The van der Waals surface area contributed by atoms with Crippen LogP contribution >= 0.6 is 0 Å². The number of nitrogens with one attached hydrogen (secondary N) is 1. The summed E-state index contributed by atoms with van der Waals surface area (Å²) in [5.74, 6) is -0.0163. The summed E-state index contributed by atoms with van der Waals surface area (Å²) in [5, 5.41) is 2.79. The van der Waals surface area contributed by atoms with Gasteiger partial charge in [-0.2, -0.15) is 0 Å². The van der Waals surface area contributed by atoms with Crippen LogP contribution in [0.4, 0.5) is 0 Å². The van der Waals surface area contributed by atoms with Gasteiger partial charge >= 0.3 is 0 Å². The molecule has 1 aromatic rings. The smallest absolute Gasteiger partial charge is 0.267 e. The molecule has 0 aliphatic heterocycles. The molecule has 1 fully saturated rings. The van der Waals surface area contributed by atoms with Gasteiger partial charge in [0, 0.05) is 25.3 Å². The van der Waals surface area contributed by atoms with E-state index >= 15 is 0 Å². The fourth-order valence-electron chi connectivity index (χ4n) is 1.85. The van der Waals surface area contributed by atoms with Gasteiger partial charge in [0.25, 0.3) is 5.91 Å². The highest BCUT2D eigenvalue weighted by Gasteiger charge is 2.22. The minimum absolute atomic E-state index is 0.0163. The average Bonchev–Trinajstić information content (AvgIpc) is 2.60. The maximum absolute atomic E-state index is 11.7. The highest BCUT2D eigenvalue weighted by atomic mass is 16.1. The Morgan fingerprint density at radius 3 is 3.00 bits per heavy atom. The third-order valence-electron chi connectivity index (χ3n) is 2.91. The summed E-state index contributed by atoms with van der Waals surface area (Å²) in [7, 11) is 0. The summed E-state index contributed by atoms with van der Waals surface area (Å²) in [6.07, 6.45) is 5.63. The van der Waals surface area contributed by atoms with Crippen molar-refractivity contribution in [2.75, 3.05) is 13.1 Å². The number of aromatic nitrogens is 1. The van der Waals surface area contributed by atoms with Crippen molar-refractivity contribution in [3.63, 3.8) is 0 Å². The molecule has 1 amide bonds. The lowest BCUT2D eigenvalue weighted by Crippen LogP contribution is -2.32. The predicted molar refractivity (Wildman–Crippen MR) is 58.7 cm³/mol. The minimum Gasteiger partial charge on any atom is -0.349 e. The van der Waals surface area contributed by atoms with Crippen LogP contribution in [0.1, 0.15) is 35.8 Å². The molecule has 1 aromatic heterocycles. The second kappa shape index (κ2) is 4.49. The molecule has 0 unspecified atom stereocenters. The molecule has 0 spiro atoms. The quantitative estimate of drug-likeness (QED) is 0.770. The second-order valence-corrected chi connectivity index (χ2v) is 3.93. The van der Waals surface area contributed by atoms with Gasteiger partial charge in [-0.15, -0.1) is 0 Å². The second-order valence-electron chi connectivity index (χ2n) is 3.93. The van der Waals surface area contributed by atoms with Gasteiger partial charge in [-0.3, -0.25) is 4.79 Å². The molecular formula is C11H17N3O. The summed E-state index contributed by atoms with van der Waals surface area (Å²) >= 11 is 0. The molecule has 15 heavy (non-hydrogen) atoms. The van der Waals surface area contributed by atoms with Crippen LogP contribution in [0, 0.1) is 0 Å². The van der Waals surface area contributed by atoms with E-state index in [1.807, 2.05) is 18.3 Å². The fraction of sp³-hybridized carbons (Fsp3) is 0.545. The number of rotatable bonds is 4. The molecule has 82 valence electrons. The zero-order chi connectivity index (χ0) is 10.7. The normalized spacial score (nSPS) is 16.1. The Balaban J connectivity index is 2.06. The van der Waals surface area contributed by atoms with E-state index in [0.717, 1.165) is 5.69 Å². The maximum Gasteiger partial charge on any atom is 0.267 e. The van der Waals surface area contributed by atoms with Gasteiger partial charge in [-0.1, -0.05) is 0 Å². The highest BCUT2D eigenvalue weighted by Crippen LogP contribution is 2.32. The predicted octanol–water partition coefficient (Wildman–Crippen LogP) is 0.902. The first kappa shape index (κ1) is 10.2. The van der Waals surface area contributed by atoms with Crippen LogP contribution in [0.15, 0.2) is 18.3 Å². The van der Waals surface area contributed by atoms with E-state index in [1.165, 1.54) is 19.3 Å². The lowest BCUT2D eigenvalue weighted by Gasteiger charge is -2.28. The number of nitrogens with zero attached hydrogens (tertiary/aromatic N) is 1. The van der Waals surface area contributed by atoms with Gasteiger partial charge in [0.05, 0.1) is 0 Å². The molecule has 0 bridgehead atoms. The van der Waals surface area contributed by atoms with Crippen LogP contribution in [-0.4, -0.2) is 23.6 Å². The molecule has 1 heterocycles. The van der Waals surface area contributed by atoms with Crippen LogP contribution in [0.2, 0.25) is 0 Å². The molecule has 0 saturated heterocycles. The summed E-state index contributed by atoms with van der Waals surface area (Å²) in [5.41, 5.74) is 6.10. The van der Waals surface area contributed by atoms with Crippen LogP contribution < -0.4 is 11.1 Å². The first-order valence-electron chi connectivity index (χ1n) is 5.48. The minimum atomic E-state index is -0.0163. The van der Waals surface area contributed by atoms with E-state index in [1.54, 1.807) is 0 Å². The molecule has 2 rings (SSSR count). The van der Waals surface area contributed by atoms with Crippen molar-refractivity contribution in [1.29, 1.82) is 0 Å². The van der Waals surface area contributed by atoms with E-state index in [-0.39, 0.29) is 5.91 Å². The first-order valence-corrected chi connectivity index (χ1v) is 5.48. The number of amides is 1. The van der Waals surface area contributed by atoms with E-state index in [4.69, 9.17) is 5.73 Å². The van der Waals surface area contributed by atoms with Crippen molar-refractivity contribution in [3.05, 3.63) is 24.0 Å². The van der Waals surface area contributed by atoms with Gasteiger partial charge in [-0.05, 0) is 31.4 Å². The largest absolute Gasteiger partial charge is 0.349 e. The summed E-state index contributed by atoms with van der Waals surface area (Å²) < 4.78 is 2.08. The summed E-state index contributed by atoms with van der Waals surface area (Å²) in [6.45, 7) is 1.02. The third kappa shape index (κ3) is 2.04. The monoisotopic (exact) mass is 207 g/mol. The molecule has 1 aliphatic carbocycles. The molecule has 3 N–H and O–H groups in total. The van der Waals surface area contributed by atoms with Crippen LogP contribution in [0.3, 0.4) is 0 Å². The average molecular weight is 207 g/mol. The molecular weight excluding hydrogens is 190 g/mol. The van der Waals surface area contributed by atoms with Gasteiger partial charge in [0.15, 0.2) is 0 Å². The van der Waals surface area contributed by atoms with Crippen molar-refractivity contribution in [1.82, 2.24) is 9.88 Å². The Hall–Kier alpha value is -1.29. The van der Waals surface area contributed by atoms with Gasteiger partial charge in [0.1, 0.15) is 5.69 Å². The van der Waals surface area contributed by atoms with Crippen molar-refractivity contribution in [3.8, 4) is 0 Å². The van der Waals surface area contributed by atoms with Gasteiger partial charge in [0.2, 0.25) is 0 Å². The molecule has 4 nitrogen and oxygen atoms in total. The molecule has 0 aromatic carbocycles. The van der Waals surface area contributed by atoms with Crippen LogP contribution in [0.5, 0.6) is 0 Å². The summed E-state index contributed by atoms with van der Waals surface area (Å²) in [4.78, 5) is 11.7. The third-order valence-corrected chi connectivity index (χ3v) is 2.91. The van der Waals surface area contributed by atoms with Crippen LogP contribution in [-0.2, 0) is 0 Å². The molecule has 0 atom stereocenters. The molecule has 4 heteroatoms. The van der Waals surface area contributed by atoms with Crippen molar-refractivity contribution in [2.45, 2.75) is 25.3 Å². The topological polar surface area (TPSA) is 60.0 Å². The number of hydrogen-bond acceptors (Lipinski definition) is 2. The Morgan fingerprint density at radius 2 is 2.40 bits per heavy atom. The molecule has 1 aliphatic rings. The lowest BCUT2D eigenvalue weighted by atomic mass is 9.93. The van der Waals surface area contributed by atoms with Gasteiger partial charge in [-0.25, -0.2) is 0 Å². The van der Waals surface area contributed by atoms with Crippen molar-refractivity contribution in [2.24, 2.45) is 5.73 Å². The zero-order valence-electron chi connectivity index (χ0n) is 8.78. The Labute approximate surface area is 89.5 Å². The zero-order valence-corrected chi connectivity index (χ0v) is 8.78. The Kier molecular flexibility index (Phi) is 3.06. The lowest BCUT2D eigenvalue weighted by molar-refractivity contribution is 0.0939. The standard InChI is InChI=1S/C11H17N3O/c12-6-7-13-11(15)10-5-2-8-14(10)9-3-1-4-9/h2,5,8-9H,1,3-4,6-7,12H2,(H,13,15). The highest BCUT2D eigenvalue weighted by molar-refractivity contribution is 5.92. The Bertz CT molecular complexity index is 341. The van der Waals surface area contributed by atoms with Crippen LogP contribution in [0.25, 0.3) is 0 Å². The van der Waals surface area contributed by atoms with E-state index in [2.05, 4.69) is 9.88 Å². The molecule has 1 saturated carbocycles. The number of hydrogen-bond donors (Lipinski definition) is 2. The number of carbonyl (C=O) groups is 1. The summed E-state index contributed by atoms with van der Waals surface area (Å²) in [6, 6.07) is 4.32. The maximum atomic E-state index is 11.7. The van der Waals surface area contributed by atoms with Crippen molar-refractivity contribution >= 4 is 5.91 Å². The van der Waals surface area contributed by atoms with Crippen molar-refractivity contribution < 1.29 is 4.79 Å². The number of carbonyl (C=O) groups excluding carboxylic acids is 1. The number of nitrogens with two attached hydrogens (primary N) is 1. The van der Waals surface area contributed by atoms with Gasteiger partial charge < -0.3 is 15.6 Å². The SMILES string of the molecule is NCCNC(=O)c1cccn1C1CCC1. The van der Waals surface area contributed by atoms with E-state index in [0.29, 0.717) is 19.1 Å². The molecule has 0 radical (unpaired) electrons. The van der Waals surface area contributed by atoms with E-state index < -0.39 is 0 Å². The fourth-order valence-corrected chi connectivity index (χ4v) is 1.85. The van der Waals surface area contributed by atoms with E-state index in [9.17, 15) is 4.79 Å². The Morgan fingerprint density at radius 1 is 1.60 bits per heavy atom.